The van der Waals surface area contributed by atoms with Crippen molar-refractivity contribution in [1.29, 1.82) is 0 Å². The molecule has 0 aromatic rings. The molecule has 0 atom stereocenters. The fourth-order valence-electron chi connectivity index (χ4n) is 2.26. The Morgan fingerprint density at radius 2 is 1.71 bits per heavy atom. The van der Waals surface area contributed by atoms with Crippen molar-refractivity contribution in [1.82, 2.24) is 15.5 Å². The lowest BCUT2D eigenvalue weighted by Gasteiger charge is -2.26. The predicted octanol–water partition coefficient (Wildman–Crippen LogP) is 1.84. The van der Waals surface area contributed by atoms with Gasteiger partial charge in [-0.15, -0.1) is 0 Å². The lowest BCUT2D eigenvalue weighted by Crippen LogP contribution is -2.43. The van der Waals surface area contributed by atoms with Crippen molar-refractivity contribution in [2.75, 3.05) is 45.8 Å². The summed E-state index contributed by atoms with van der Waals surface area (Å²) >= 11 is 0. The maximum absolute atomic E-state index is 7.11. The van der Waals surface area contributed by atoms with Crippen LogP contribution in [0.1, 0.15) is 45.4 Å². The number of nitrogens with zero attached hydrogens (tertiary/aromatic N) is 1. The van der Waals surface area contributed by atoms with Crippen molar-refractivity contribution in [3.05, 3.63) is 0 Å². The van der Waals surface area contributed by atoms with Gasteiger partial charge < -0.3 is 15.5 Å². The fraction of sp³-hybridized carbons (Fsp3) is 1.00. The summed E-state index contributed by atoms with van der Waals surface area (Å²) in [5.41, 5.74) is 0. The van der Waals surface area contributed by atoms with Gasteiger partial charge in [0.1, 0.15) is 1.41 Å². The number of hydrogen-bond acceptors (Lipinski definition) is 3. The van der Waals surface area contributed by atoms with E-state index < -0.39 is 0 Å². The SMILES string of the molecule is CCCCCN1CCNCC1.[2H]N1CCCCC1. The van der Waals surface area contributed by atoms with Crippen molar-refractivity contribution in [2.45, 2.75) is 45.4 Å². The van der Waals surface area contributed by atoms with Crippen molar-refractivity contribution in [3.63, 3.8) is 0 Å². The average molecular weight is 242 g/mol. The van der Waals surface area contributed by atoms with Crippen molar-refractivity contribution >= 4 is 0 Å². The summed E-state index contributed by atoms with van der Waals surface area (Å²) < 4.78 is 7.11. The molecule has 3 heteroatoms. The first kappa shape index (κ1) is 13.3. The van der Waals surface area contributed by atoms with Gasteiger partial charge in [-0.25, -0.2) is 0 Å². The molecule has 2 heterocycles. The van der Waals surface area contributed by atoms with E-state index in [2.05, 4.69) is 17.1 Å². The maximum Gasteiger partial charge on any atom is 0.122 e. The Morgan fingerprint density at radius 3 is 2.24 bits per heavy atom. The van der Waals surface area contributed by atoms with Crippen LogP contribution in [-0.4, -0.2) is 50.7 Å². The van der Waals surface area contributed by atoms with E-state index in [1.807, 2.05) is 0 Å². The van der Waals surface area contributed by atoms with Crippen LogP contribution in [0.4, 0.5) is 0 Å². The number of nitrogens with one attached hydrogen (secondary N) is 2. The van der Waals surface area contributed by atoms with E-state index in [9.17, 15) is 0 Å². The van der Waals surface area contributed by atoms with E-state index in [4.69, 9.17) is 1.41 Å². The topological polar surface area (TPSA) is 27.3 Å². The predicted molar refractivity (Wildman–Crippen MR) is 75.6 cm³/mol. The van der Waals surface area contributed by atoms with E-state index in [0.29, 0.717) is 0 Å². The number of unbranched alkanes of at least 4 members (excludes halogenated alkanes) is 2. The van der Waals surface area contributed by atoms with Crippen LogP contribution in [0.3, 0.4) is 0 Å². The molecule has 3 nitrogen and oxygen atoms in total. The van der Waals surface area contributed by atoms with Crippen LogP contribution < -0.4 is 10.6 Å². The van der Waals surface area contributed by atoms with Crippen molar-refractivity contribution < 1.29 is 1.41 Å². The minimum absolute atomic E-state index is 0.986. The smallest absolute Gasteiger partial charge is 0.122 e. The third-order valence-corrected chi connectivity index (χ3v) is 3.42. The molecule has 0 radical (unpaired) electrons. The Labute approximate surface area is 109 Å². The van der Waals surface area contributed by atoms with Gasteiger partial charge in [-0.1, -0.05) is 26.2 Å². The molecule has 0 saturated carbocycles. The molecule has 0 aliphatic carbocycles. The summed E-state index contributed by atoms with van der Waals surface area (Å²) in [7, 11) is 0. The first-order valence-electron chi connectivity index (χ1n) is 7.94. The van der Waals surface area contributed by atoms with Gasteiger partial charge >= 0.3 is 0 Å². The summed E-state index contributed by atoms with van der Waals surface area (Å²) in [5, 5.41) is 5.01. The maximum atomic E-state index is 7.11. The largest absolute Gasteiger partial charge is 0.317 e. The van der Waals surface area contributed by atoms with E-state index in [1.54, 1.807) is 5.31 Å². The molecule has 2 aliphatic rings. The molecule has 102 valence electrons. The van der Waals surface area contributed by atoms with Gasteiger partial charge in [-0.3, -0.25) is 0 Å². The third-order valence-electron chi connectivity index (χ3n) is 3.42. The third kappa shape index (κ3) is 8.58. The molecule has 0 bridgehead atoms. The minimum Gasteiger partial charge on any atom is -0.317 e. The minimum atomic E-state index is 0.986. The summed E-state index contributed by atoms with van der Waals surface area (Å²) in [6.07, 6.45) is 7.90. The molecular formula is C14H31N3. The normalized spacial score (nSPS) is 23.7. The molecule has 2 saturated heterocycles. The molecule has 0 unspecified atom stereocenters. The number of rotatable bonds is 4. The molecule has 2 aliphatic heterocycles. The lowest BCUT2D eigenvalue weighted by atomic mass is 10.2. The Hall–Kier alpha value is -0.120. The number of piperazine rings is 1. The van der Waals surface area contributed by atoms with Gasteiger partial charge in [0.25, 0.3) is 0 Å². The van der Waals surface area contributed by atoms with E-state index in [-0.39, 0.29) is 0 Å². The highest BCUT2D eigenvalue weighted by Gasteiger charge is 2.07. The second-order valence-electron chi connectivity index (χ2n) is 5.03. The van der Waals surface area contributed by atoms with Gasteiger partial charge in [0.15, 0.2) is 0 Å². The van der Waals surface area contributed by atoms with Gasteiger partial charge in [0, 0.05) is 26.2 Å². The molecule has 0 amide bonds. The Morgan fingerprint density at radius 1 is 1.00 bits per heavy atom. The van der Waals surface area contributed by atoms with E-state index in [1.165, 1.54) is 71.2 Å². The van der Waals surface area contributed by atoms with Crippen molar-refractivity contribution in [2.24, 2.45) is 0 Å². The summed E-state index contributed by atoms with van der Waals surface area (Å²) in [5.74, 6) is 0. The zero-order chi connectivity index (χ0) is 13.1. The van der Waals surface area contributed by atoms with E-state index >= 15 is 0 Å². The first-order valence-corrected chi connectivity index (χ1v) is 7.50. The molecule has 2 rings (SSSR count). The number of hydrogen-bond donors (Lipinski definition) is 2. The summed E-state index contributed by atoms with van der Waals surface area (Å²) in [4.78, 5) is 2.56. The van der Waals surface area contributed by atoms with Gasteiger partial charge in [-0.2, -0.15) is 0 Å². The second kappa shape index (κ2) is 11.0. The Kier molecular flexibility index (Phi) is 8.61. The Bertz CT molecular complexity index is 178. The van der Waals surface area contributed by atoms with Crippen LogP contribution in [0.25, 0.3) is 0 Å². The highest BCUT2D eigenvalue weighted by molar-refractivity contribution is 4.66. The molecule has 0 aromatic heterocycles. The van der Waals surface area contributed by atoms with Crippen LogP contribution >= 0.6 is 0 Å². The van der Waals surface area contributed by atoms with Crippen molar-refractivity contribution in [3.8, 4) is 0 Å². The monoisotopic (exact) mass is 242 g/mol. The van der Waals surface area contributed by atoms with Crippen LogP contribution in [-0.2, 0) is 0 Å². The first-order chi connectivity index (χ1) is 8.83. The second-order valence-corrected chi connectivity index (χ2v) is 5.03. The quantitative estimate of drug-likeness (QED) is 0.737. The fourth-order valence-corrected chi connectivity index (χ4v) is 2.26. The summed E-state index contributed by atoms with van der Waals surface area (Å²) in [6.45, 7) is 10.4. The molecule has 0 aromatic carbocycles. The van der Waals surface area contributed by atoms with Gasteiger partial charge in [0.05, 0.1) is 0 Å². The lowest BCUT2D eigenvalue weighted by molar-refractivity contribution is 0.236. The van der Waals surface area contributed by atoms with E-state index in [0.717, 1.165) is 13.1 Å². The standard InChI is InChI=1S/C9H20N2.C5H11N/c1-2-3-4-7-11-8-5-10-6-9-11;1-2-4-6-5-3-1/h10H,2-9H2,1H3;6H,1-5H2/i/hD. The summed E-state index contributed by atoms with van der Waals surface area (Å²) in [6, 6.07) is 0. The highest BCUT2D eigenvalue weighted by atomic mass is 15.2. The van der Waals surface area contributed by atoms with Crippen LogP contribution in [0, 0.1) is 0 Å². The van der Waals surface area contributed by atoms with Crippen LogP contribution in [0.15, 0.2) is 0 Å². The molecular weight excluding hydrogens is 210 g/mol. The molecule has 2 N–H and O–H groups in total. The zero-order valence-electron chi connectivity index (χ0n) is 12.6. The average Bonchev–Trinajstić information content (AvgIpc) is 2.42. The zero-order valence-corrected chi connectivity index (χ0v) is 11.6. The Balaban J connectivity index is 0.000000199. The molecule has 0 spiro atoms. The highest BCUT2D eigenvalue weighted by Crippen LogP contribution is 1.99. The van der Waals surface area contributed by atoms with Gasteiger partial charge in [-0.05, 0) is 38.9 Å². The molecule has 17 heavy (non-hydrogen) atoms. The van der Waals surface area contributed by atoms with Crippen LogP contribution in [0.2, 0.25) is 1.41 Å². The van der Waals surface area contributed by atoms with Gasteiger partial charge in [0.2, 0.25) is 0 Å². The van der Waals surface area contributed by atoms with Crippen LogP contribution in [0.5, 0.6) is 0 Å². The number of piperidine rings is 1. The molecule has 2 fully saturated rings.